The van der Waals surface area contributed by atoms with Crippen LogP contribution in [0.25, 0.3) is 0 Å². The Balaban J connectivity index is 2.09. The van der Waals surface area contributed by atoms with Crippen molar-refractivity contribution in [2.45, 2.75) is 33.7 Å². The Morgan fingerprint density at radius 1 is 1.11 bits per heavy atom. The zero-order chi connectivity index (χ0) is 20.0. The fraction of sp³-hybridized carbons (Fsp3) is 0.333. The maximum absolute atomic E-state index is 12.7. The summed E-state index contributed by atoms with van der Waals surface area (Å²) < 4.78 is 5.38. The summed E-state index contributed by atoms with van der Waals surface area (Å²) >= 11 is 5.96. The number of aryl methyl sites for hydroxylation is 1. The van der Waals surface area contributed by atoms with Gasteiger partial charge in [-0.25, -0.2) is 0 Å². The Labute approximate surface area is 165 Å². The van der Waals surface area contributed by atoms with E-state index in [1.165, 1.54) is 0 Å². The van der Waals surface area contributed by atoms with Crippen molar-refractivity contribution in [2.75, 3.05) is 11.9 Å². The van der Waals surface area contributed by atoms with Gasteiger partial charge in [-0.1, -0.05) is 25.4 Å². The van der Waals surface area contributed by atoms with E-state index in [2.05, 4.69) is 10.6 Å². The van der Waals surface area contributed by atoms with Gasteiger partial charge in [0, 0.05) is 16.3 Å². The van der Waals surface area contributed by atoms with Crippen molar-refractivity contribution < 1.29 is 14.3 Å². The monoisotopic (exact) mass is 388 g/mol. The molecular formula is C21H25ClN2O3. The quantitative estimate of drug-likeness (QED) is 0.736. The van der Waals surface area contributed by atoms with Gasteiger partial charge in [-0.3, -0.25) is 9.59 Å². The van der Waals surface area contributed by atoms with Crippen LogP contribution in [0.15, 0.2) is 42.5 Å². The van der Waals surface area contributed by atoms with Crippen molar-refractivity contribution in [3.63, 3.8) is 0 Å². The highest BCUT2D eigenvalue weighted by molar-refractivity contribution is 6.30. The molecule has 1 atom stereocenters. The highest BCUT2D eigenvalue weighted by Crippen LogP contribution is 2.20. The Kier molecular flexibility index (Phi) is 7.25. The molecule has 0 aliphatic heterocycles. The van der Waals surface area contributed by atoms with E-state index in [0.717, 1.165) is 5.56 Å². The van der Waals surface area contributed by atoms with Gasteiger partial charge < -0.3 is 15.4 Å². The number of amides is 2. The van der Waals surface area contributed by atoms with Crippen molar-refractivity contribution >= 4 is 29.1 Å². The molecule has 1 unspecified atom stereocenters. The van der Waals surface area contributed by atoms with Crippen LogP contribution in [-0.4, -0.2) is 24.5 Å². The molecule has 0 saturated heterocycles. The first kappa shape index (κ1) is 20.8. The van der Waals surface area contributed by atoms with Crippen LogP contribution >= 0.6 is 11.6 Å². The number of nitrogens with one attached hydrogen (secondary N) is 2. The Morgan fingerprint density at radius 3 is 2.33 bits per heavy atom. The number of hydrogen-bond acceptors (Lipinski definition) is 3. The van der Waals surface area contributed by atoms with E-state index in [4.69, 9.17) is 16.3 Å². The second kappa shape index (κ2) is 9.42. The van der Waals surface area contributed by atoms with Crippen LogP contribution in [-0.2, 0) is 4.79 Å². The summed E-state index contributed by atoms with van der Waals surface area (Å²) in [5.74, 6) is 0.0455. The van der Waals surface area contributed by atoms with Crippen LogP contribution in [0, 0.1) is 12.8 Å². The zero-order valence-electron chi connectivity index (χ0n) is 16.0. The van der Waals surface area contributed by atoms with E-state index in [1.54, 1.807) is 42.5 Å². The van der Waals surface area contributed by atoms with Crippen molar-refractivity contribution in [1.82, 2.24) is 5.32 Å². The molecule has 6 heteroatoms. The van der Waals surface area contributed by atoms with Gasteiger partial charge >= 0.3 is 0 Å². The van der Waals surface area contributed by atoms with Crippen LogP contribution in [0.1, 0.15) is 36.7 Å². The molecule has 2 aromatic carbocycles. The summed E-state index contributed by atoms with van der Waals surface area (Å²) in [6.45, 7) is 8.10. The van der Waals surface area contributed by atoms with E-state index in [0.29, 0.717) is 28.6 Å². The topological polar surface area (TPSA) is 67.4 Å². The largest absolute Gasteiger partial charge is 0.494 e. The molecule has 2 amide bonds. The van der Waals surface area contributed by atoms with Crippen LogP contribution < -0.4 is 15.4 Å². The molecule has 0 aliphatic rings. The summed E-state index contributed by atoms with van der Waals surface area (Å²) in [6, 6.07) is 11.4. The lowest BCUT2D eigenvalue weighted by Gasteiger charge is -2.22. The van der Waals surface area contributed by atoms with Gasteiger partial charge in [0.05, 0.1) is 6.61 Å². The van der Waals surface area contributed by atoms with Crippen LogP contribution in [0.4, 0.5) is 5.69 Å². The van der Waals surface area contributed by atoms with Gasteiger partial charge in [0.25, 0.3) is 5.91 Å². The van der Waals surface area contributed by atoms with Gasteiger partial charge in [-0.05, 0) is 67.8 Å². The lowest BCUT2D eigenvalue weighted by atomic mass is 10.0. The molecule has 2 aromatic rings. The Bertz CT molecular complexity index is 804. The highest BCUT2D eigenvalue weighted by Gasteiger charge is 2.25. The predicted octanol–water partition coefficient (Wildman–Crippen LogP) is 4.44. The molecule has 5 nitrogen and oxygen atoms in total. The van der Waals surface area contributed by atoms with Gasteiger partial charge in [0.1, 0.15) is 11.8 Å². The van der Waals surface area contributed by atoms with Crippen LogP contribution in [0.3, 0.4) is 0 Å². The minimum atomic E-state index is -0.667. The first-order valence-electron chi connectivity index (χ1n) is 8.92. The highest BCUT2D eigenvalue weighted by atomic mass is 35.5. The van der Waals surface area contributed by atoms with Crippen LogP contribution in [0.2, 0.25) is 5.02 Å². The SMILES string of the molecule is CCOc1ccc(C(=O)NC(C(=O)Nc2ccc(Cl)cc2C)C(C)C)cc1. The summed E-state index contributed by atoms with van der Waals surface area (Å²) in [6.07, 6.45) is 0. The number of rotatable bonds is 7. The minimum absolute atomic E-state index is 0.0794. The standard InChI is InChI=1S/C21H25ClN2O3/c1-5-27-17-9-6-15(7-10-17)20(25)24-19(13(2)3)21(26)23-18-11-8-16(22)12-14(18)4/h6-13,19H,5H2,1-4H3,(H,23,26)(H,24,25). The molecule has 0 fully saturated rings. The molecule has 2 rings (SSSR count). The van der Waals surface area contributed by atoms with E-state index < -0.39 is 6.04 Å². The van der Waals surface area contributed by atoms with E-state index in [9.17, 15) is 9.59 Å². The molecule has 27 heavy (non-hydrogen) atoms. The first-order chi connectivity index (χ1) is 12.8. The maximum atomic E-state index is 12.7. The van der Waals surface area contributed by atoms with Gasteiger partial charge in [-0.15, -0.1) is 0 Å². The summed E-state index contributed by atoms with van der Waals surface area (Å²) in [5.41, 5.74) is 2.00. The van der Waals surface area contributed by atoms with Gasteiger partial charge in [-0.2, -0.15) is 0 Å². The van der Waals surface area contributed by atoms with Crippen molar-refractivity contribution in [2.24, 2.45) is 5.92 Å². The number of halogens is 1. The second-order valence-corrected chi connectivity index (χ2v) is 7.04. The molecule has 0 bridgehead atoms. The van der Waals surface area contributed by atoms with E-state index in [1.807, 2.05) is 27.7 Å². The zero-order valence-corrected chi connectivity index (χ0v) is 16.8. The summed E-state index contributed by atoms with van der Waals surface area (Å²) in [7, 11) is 0. The maximum Gasteiger partial charge on any atom is 0.251 e. The van der Waals surface area contributed by atoms with E-state index in [-0.39, 0.29) is 17.7 Å². The lowest BCUT2D eigenvalue weighted by molar-refractivity contribution is -0.118. The summed E-state index contributed by atoms with van der Waals surface area (Å²) in [4.78, 5) is 25.3. The molecule has 2 N–H and O–H groups in total. The average Bonchev–Trinajstić information content (AvgIpc) is 2.62. The Hall–Kier alpha value is -2.53. The first-order valence-corrected chi connectivity index (χ1v) is 9.30. The fourth-order valence-corrected chi connectivity index (χ4v) is 2.83. The average molecular weight is 389 g/mol. The van der Waals surface area contributed by atoms with Gasteiger partial charge in [0.2, 0.25) is 5.91 Å². The molecule has 0 radical (unpaired) electrons. The van der Waals surface area contributed by atoms with E-state index >= 15 is 0 Å². The number of ether oxygens (including phenoxy) is 1. The third-order valence-corrected chi connectivity index (χ3v) is 4.34. The molecule has 0 aliphatic carbocycles. The van der Waals surface area contributed by atoms with Crippen LogP contribution in [0.5, 0.6) is 5.75 Å². The molecule has 144 valence electrons. The molecular weight excluding hydrogens is 364 g/mol. The predicted molar refractivity (Wildman–Crippen MR) is 109 cm³/mol. The normalized spacial score (nSPS) is 11.8. The molecule has 0 spiro atoms. The summed E-state index contributed by atoms with van der Waals surface area (Å²) in [5, 5.41) is 6.29. The second-order valence-electron chi connectivity index (χ2n) is 6.60. The number of carbonyl (C=O) groups is 2. The third kappa shape index (κ3) is 5.73. The van der Waals surface area contributed by atoms with Crippen molar-refractivity contribution in [3.8, 4) is 5.75 Å². The smallest absolute Gasteiger partial charge is 0.251 e. The fourth-order valence-electron chi connectivity index (χ4n) is 2.61. The lowest BCUT2D eigenvalue weighted by Crippen LogP contribution is -2.47. The van der Waals surface area contributed by atoms with Gasteiger partial charge in [0.15, 0.2) is 0 Å². The molecule has 0 aromatic heterocycles. The molecule has 0 heterocycles. The van der Waals surface area contributed by atoms with Crippen molar-refractivity contribution in [1.29, 1.82) is 0 Å². The van der Waals surface area contributed by atoms with Crippen molar-refractivity contribution in [3.05, 3.63) is 58.6 Å². The third-order valence-electron chi connectivity index (χ3n) is 4.11. The Morgan fingerprint density at radius 2 is 1.78 bits per heavy atom. The minimum Gasteiger partial charge on any atom is -0.494 e. The number of benzene rings is 2. The number of anilines is 1. The number of hydrogen-bond donors (Lipinski definition) is 2. The number of carbonyl (C=O) groups excluding carboxylic acids is 2. The molecule has 0 saturated carbocycles.